The number of anilines is 1. The third-order valence-electron chi connectivity index (χ3n) is 5.62. The number of nitrogens with zero attached hydrogens (tertiary/aromatic N) is 5. The Labute approximate surface area is 169 Å². The number of aromatic nitrogens is 3. The van der Waals surface area contributed by atoms with E-state index in [1.165, 1.54) is 5.56 Å². The van der Waals surface area contributed by atoms with Gasteiger partial charge in [0.1, 0.15) is 23.7 Å². The van der Waals surface area contributed by atoms with E-state index in [2.05, 4.69) is 20.9 Å². The van der Waals surface area contributed by atoms with Gasteiger partial charge in [-0.15, -0.1) is 0 Å². The maximum Gasteiger partial charge on any atom is 0.263 e. The third kappa shape index (κ3) is 3.55. The summed E-state index contributed by atoms with van der Waals surface area (Å²) in [5.41, 5.74) is 1.18. The maximum absolute atomic E-state index is 13.0. The predicted octanol–water partition coefficient (Wildman–Crippen LogP) is 2.31. The topological polar surface area (TPSA) is 63.5 Å². The van der Waals surface area contributed by atoms with E-state index < -0.39 is 0 Å². The molecule has 4 heterocycles. The highest BCUT2D eigenvalue weighted by atomic mass is 16.5. The van der Waals surface area contributed by atoms with Crippen LogP contribution in [0.1, 0.15) is 12.0 Å². The molecule has 1 saturated heterocycles. The van der Waals surface area contributed by atoms with Crippen LogP contribution in [-0.4, -0.2) is 57.6 Å². The van der Waals surface area contributed by atoms with Crippen molar-refractivity contribution in [1.82, 2.24) is 19.4 Å². The molecule has 0 N–H and O–H groups in total. The highest BCUT2D eigenvalue weighted by Gasteiger charge is 2.31. The molecule has 1 atom stereocenters. The lowest BCUT2D eigenvalue weighted by Crippen LogP contribution is -2.53. The van der Waals surface area contributed by atoms with Gasteiger partial charge in [0.25, 0.3) is 5.91 Å². The molecule has 2 aliphatic heterocycles. The van der Waals surface area contributed by atoms with Crippen LogP contribution >= 0.6 is 0 Å². The van der Waals surface area contributed by atoms with Crippen LogP contribution in [0.15, 0.2) is 61.2 Å². The van der Waals surface area contributed by atoms with Gasteiger partial charge in [-0.05, 0) is 36.6 Å². The summed E-state index contributed by atoms with van der Waals surface area (Å²) in [6.45, 7) is 2.83. The summed E-state index contributed by atoms with van der Waals surface area (Å²) < 4.78 is 7.95. The zero-order valence-corrected chi connectivity index (χ0v) is 16.1. The molecule has 0 spiro atoms. The van der Waals surface area contributed by atoms with Crippen LogP contribution in [0, 0.1) is 0 Å². The first-order chi connectivity index (χ1) is 14.3. The Balaban J connectivity index is 1.22. The van der Waals surface area contributed by atoms with Crippen LogP contribution in [0.5, 0.6) is 5.75 Å². The summed E-state index contributed by atoms with van der Waals surface area (Å²) in [7, 11) is 0. The number of carbonyl (C=O) groups excluding carboxylic acids is 1. The van der Waals surface area contributed by atoms with Crippen molar-refractivity contribution >= 4 is 11.7 Å². The third-order valence-corrected chi connectivity index (χ3v) is 5.62. The van der Waals surface area contributed by atoms with Crippen LogP contribution in [0.2, 0.25) is 0 Å². The average molecular weight is 389 g/mol. The molecule has 0 aliphatic carbocycles. The van der Waals surface area contributed by atoms with Crippen LogP contribution in [0.3, 0.4) is 0 Å². The molecule has 1 aromatic carbocycles. The zero-order chi connectivity index (χ0) is 19.6. The SMILES string of the molecule is O=C(C1CCc2ccccc2O1)N1CCN(c2cc(-n3cccc3)ncn2)CC1. The van der Waals surface area contributed by atoms with Gasteiger partial charge in [-0.3, -0.25) is 4.79 Å². The maximum atomic E-state index is 13.0. The van der Waals surface area contributed by atoms with Crippen molar-refractivity contribution in [3.63, 3.8) is 0 Å². The van der Waals surface area contributed by atoms with Crippen LogP contribution < -0.4 is 9.64 Å². The van der Waals surface area contributed by atoms with E-state index in [-0.39, 0.29) is 12.0 Å². The quantitative estimate of drug-likeness (QED) is 0.688. The van der Waals surface area contributed by atoms with Crippen molar-refractivity contribution in [3.8, 4) is 11.6 Å². The molecule has 7 nitrogen and oxygen atoms in total. The standard InChI is InChI=1S/C22H23N5O2/c28-22(19-8-7-17-5-1-2-6-18(17)29-19)27-13-11-26(12-14-27)21-15-20(23-16-24-21)25-9-3-4-10-25/h1-6,9-10,15-16,19H,7-8,11-14H2. The molecule has 7 heteroatoms. The number of para-hydroxylation sites is 1. The molecule has 1 fully saturated rings. The highest BCUT2D eigenvalue weighted by molar-refractivity contribution is 5.82. The minimum atomic E-state index is -0.379. The summed E-state index contributed by atoms with van der Waals surface area (Å²) in [6, 6.07) is 13.9. The first kappa shape index (κ1) is 17.7. The molecule has 0 bridgehead atoms. The number of ether oxygens (including phenoxy) is 1. The van der Waals surface area contributed by atoms with E-state index in [1.54, 1.807) is 6.33 Å². The van der Waals surface area contributed by atoms with Gasteiger partial charge < -0.3 is 19.1 Å². The minimum Gasteiger partial charge on any atom is -0.480 e. The van der Waals surface area contributed by atoms with Crippen molar-refractivity contribution in [2.75, 3.05) is 31.1 Å². The Bertz CT molecular complexity index is 996. The van der Waals surface area contributed by atoms with E-state index in [4.69, 9.17) is 4.74 Å². The van der Waals surface area contributed by atoms with Crippen molar-refractivity contribution in [2.24, 2.45) is 0 Å². The van der Waals surface area contributed by atoms with Gasteiger partial charge in [-0.25, -0.2) is 9.97 Å². The highest BCUT2D eigenvalue weighted by Crippen LogP contribution is 2.28. The molecule has 0 saturated carbocycles. The molecule has 1 unspecified atom stereocenters. The molecular formula is C22H23N5O2. The lowest BCUT2D eigenvalue weighted by Gasteiger charge is -2.37. The largest absolute Gasteiger partial charge is 0.480 e. The average Bonchev–Trinajstić information content (AvgIpc) is 3.34. The number of aryl methyl sites for hydroxylation is 1. The van der Waals surface area contributed by atoms with Gasteiger partial charge in [0.05, 0.1) is 0 Å². The van der Waals surface area contributed by atoms with Crippen molar-refractivity contribution in [1.29, 1.82) is 0 Å². The van der Waals surface area contributed by atoms with Gasteiger partial charge in [-0.2, -0.15) is 0 Å². The molecule has 0 radical (unpaired) electrons. The number of amides is 1. The van der Waals surface area contributed by atoms with Crippen LogP contribution in [0.25, 0.3) is 5.82 Å². The summed E-state index contributed by atoms with van der Waals surface area (Å²) in [5.74, 6) is 2.66. The molecule has 2 aliphatic rings. The first-order valence-corrected chi connectivity index (χ1v) is 10.0. The second kappa shape index (κ2) is 7.58. The Morgan fingerprint density at radius 2 is 1.72 bits per heavy atom. The molecule has 1 amide bonds. The number of hydrogen-bond donors (Lipinski definition) is 0. The van der Waals surface area contributed by atoms with E-state index >= 15 is 0 Å². The predicted molar refractivity (Wildman–Crippen MR) is 109 cm³/mol. The van der Waals surface area contributed by atoms with E-state index in [0.29, 0.717) is 13.1 Å². The monoisotopic (exact) mass is 389 g/mol. The fourth-order valence-corrected chi connectivity index (χ4v) is 4.00. The summed E-state index contributed by atoms with van der Waals surface area (Å²) in [5, 5.41) is 0. The lowest BCUT2D eigenvalue weighted by atomic mass is 10.0. The van der Waals surface area contributed by atoms with Gasteiger partial charge >= 0.3 is 0 Å². The number of benzene rings is 1. The lowest BCUT2D eigenvalue weighted by molar-refractivity contribution is -0.139. The van der Waals surface area contributed by atoms with Crippen LogP contribution in [0.4, 0.5) is 5.82 Å². The Morgan fingerprint density at radius 3 is 2.55 bits per heavy atom. The fourth-order valence-electron chi connectivity index (χ4n) is 4.00. The van der Waals surface area contributed by atoms with Crippen molar-refractivity contribution in [2.45, 2.75) is 18.9 Å². The first-order valence-electron chi connectivity index (χ1n) is 10.0. The number of rotatable bonds is 3. The van der Waals surface area contributed by atoms with E-state index in [0.717, 1.165) is 43.3 Å². The second-order valence-electron chi connectivity index (χ2n) is 7.39. The van der Waals surface area contributed by atoms with Gasteiger partial charge in [0.2, 0.25) is 0 Å². The Kier molecular flexibility index (Phi) is 4.63. The summed E-state index contributed by atoms with van der Waals surface area (Å²) >= 11 is 0. The van der Waals surface area contributed by atoms with Gasteiger partial charge in [0, 0.05) is 44.6 Å². The van der Waals surface area contributed by atoms with E-state index in [9.17, 15) is 4.79 Å². The minimum absolute atomic E-state index is 0.0925. The molecule has 2 aromatic heterocycles. The number of carbonyl (C=O) groups is 1. The fraction of sp³-hybridized carbons (Fsp3) is 0.318. The molecule has 148 valence electrons. The summed E-state index contributed by atoms with van der Waals surface area (Å²) in [4.78, 5) is 25.9. The molecular weight excluding hydrogens is 366 g/mol. The zero-order valence-electron chi connectivity index (χ0n) is 16.1. The van der Waals surface area contributed by atoms with Crippen LogP contribution in [-0.2, 0) is 11.2 Å². The van der Waals surface area contributed by atoms with Crippen molar-refractivity contribution in [3.05, 3.63) is 66.7 Å². The number of hydrogen-bond acceptors (Lipinski definition) is 5. The Hall–Kier alpha value is -3.35. The molecule has 29 heavy (non-hydrogen) atoms. The number of fused-ring (bicyclic) bond motifs is 1. The second-order valence-corrected chi connectivity index (χ2v) is 7.39. The molecule has 5 rings (SSSR count). The summed E-state index contributed by atoms with van der Waals surface area (Å²) in [6.07, 6.45) is 6.76. The normalized spacial score (nSPS) is 18.8. The Morgan fingerprint density at radius 1 is 0.966 bits per heavy atom. The molecule has 3 aromatic rings. The number of piperazine rings is 1. The van der Waals surface area contributed by atoms with Crippen molar-refractivity contribution < 1.29 is 9.53 Å². The van der Waals surface area contributed by atoms with E-state index in [1.807, 2.05) is 58.3 Å². The van der Waals surface area contributed by atoms with Gasteiger partial charge in [0.15, 0.2) is 6.10 Å². The van der Waals surface area contributed by atoms with Gasteiger partial charge in [-0.1, -0.05) is 18.2 Å². The smallest absolute Gasteiger partial charge is 0.263 e.